The summed E-state index contributed by atoms with van der Waals surface area (Å²) in [4.78, 5) is 23.8. The highest BCUT2D eigenvalue weighted by molar-refractivity contribution is 5.84. The Labute approximate surface area is 188 Å². The molecule has 8 nitrogen and oxygen atoms in total. The lowest BCUT2D eigenvalue weighted by Gasteiger charge is -2.25. The SMILES string of the molecule is COc1ccc(OC)c(CCNC(=O)C(C)(C)Oc2ccc(C[C@H](OC)C(=O)O)cc2)c1. The smallest absolute Gasteiger partial charge is 0.333 e. The van der Waals surface area contributed by atoms with Gasteiger partial charge in [-0.05, 0) is 61.7 Å². The lowest BCUT2D eigenvalue weighted by atomic mass is 10.1. The fraction of sp³-hybridized carbons (Fsp3) is 0.417. The van der Waals surface area contributed by atoms with Gasteiger partial charge in [-0.1, -0.05) is 12.1 Å². The zero-order valence-electron chi connectivity index (χ0n) is 19.1. The number of benzene rings is 2. The largest absolute Gasteiger partial charge is 0.497 e. The average Bonchev–Trinajstić information content (AvgIpc) is 2.77. The molecule has 2 rings (SSSR count). The summed E-state index contributed by atoms with van der Waals surface area (Å²) < 4.78 is 21.5. The zero-order valence-corrected chi connectivity index (χ0v) is 19.1. The molecule has 0 aliphatic rings. The van der Waals surface area contributed by atoms with E-state index in [2.05, 4.69) is 5.32 Å². The molecule has 0 unspecified atom stereocenters. The highest BCUT2D eigenvalue weighted by Crippen LogP contribution is 2.24. The first-order valence-electron chi connectivity index (χ1n) is 10.2. The van der Waals surface area contributed by atoms with Crippen LogP contribution in [-0.2, 0) is 27.2 Å². The van der Waals surface area contributed by atoms with Gasteiger partial charge in [-0.3, -0.25) is 4.79 Å². The minimum Gasteiger partial charge on any atom is -0.497 e. The fourth-order valence-electron chi connectivity index (χ4n) is 3.12. The van der Waals surface area contributed by atoms with Crippen LogP contribution in [0.25, 0.3) is 0 Å². The second-order valence-corrected chi connectivity index (χ2v) is 7.71. The Morgan fingerprint density at radius 1 is 1.00 bits per heavy atom. The molecule has 0 fully saturated rings. The molecule has 0 heterocycles. The number of methoxy groups -OCH3 is 3. The van der Waals surface area contributed by atoms with Gasteiger partial charge < -0.3 is 29.4 Å². The second-order valence-electron chi connectivity index (χ2n) is 7.71. The number of hydrogen-bond donors (Lipinski definition) is 2. The van der Waals surface area contributed by atoms with Crippen molar-refractivity contribution >= 4 is 11.9 Å². The van der Waals surface area contributed by atoms with E-state index in [1.54, 1.807) is 52.3 Å². The molecule has 2 N–H and O–H groups in total. The summed E-state index contributed by atoms with van der Waals surface area (Å²) in [7, 11) is 4.56. The van der Waals surface area contributed by atoms with E-state index in [1.165, 1.54) is 7.11 Å². The standard InChI is InChI=1S/C24H31NO7/c1-24(2,32-18-8-6-16(7-9-18)14-21(31-5)22(26)27)23(28)25-13-12-17-15-19(29-3)10-11-20(17)30-4/h6-11,15,21H,12-14H2,1-5H3,(H,25,28)(H,26,27)/t21-/m0/s1. The van der Waals surface area contributed by atoms with Gasteiger partial charge in [0, 0.05) is 20.1 Å². The maximum Gasteiger partial charge on any atom is 0.333 e. The van der Waals surface area contributed by atoms with Gasteiger partial charge in [0.25, 0.3) is 5.91 Å². The van der Waals surface area contributed by atoms with Crippen molar-refractivity contribution in [1.29, 1.82) is 0 Å². The van der Waals surface area contributed by atoms with Crippen molar-refractivity contribution in [2.24, 2.45) is 0 Å². The lowest BCUT2D eigenvalue weighted by Crippen LogP contribution is -2.47. The van der Waals surface area contributed by atoms with Crippen molar-refractivity contribution in [1.82, 2.24) is 5.32 Å². The van der Waals surface area contributed by atoms with Crippen LogP contribution in [0.15, 0.2) is 42.5 Å². The Morgan fingerprint density at radius 2 is 1.66 bits per heavy atom. The van der Waals surface area contributed by atoms with Gasteiger partial charge in [-0.2, -0.15) is 0 Å². The maximum atomic E-state index is 12.7. The van der Waals surface area contributed by atoms with E-state index in [1.807, 2.05) is 18.2 Å². The highest BCUT2D eigenvalue weighted by Gasteiger charge is 2.29. The second kappa shape index (κ2) is 11.4. The molecule has 0 saturated heterocycles. The topological polar surface area (TPSA) is 103 Å². The normalized spacial score (nSPS) is 12.0. The number of carboxylic acid groups (broad SMARTS) is 1. The van der Waals surface area contributed by atoms with Gasteiger partial charge in [0.1, 0.15) is 17.2 Å². The Kier molecular flexibility index (Phi) is 8.90. The first-order valence-corrected chi connectivity index (χ1v) is 10.2. The number of nitrogens with one attached hydrogen (secondary N) is 1. The first-order chi connectivity index (χ1) is 15.2. The molecule has 0 radical (unpaired) electrons. The van der Waals surface area contributed by atoms with Crippen LogP contribution in [0.3, 0.4) is 0 Å². The Morgan fingerprint density at radius 3 is 2.22 bits per heavy atom. The van der Waals surface area contributed by atoms with Crippen molar-refractivity contribution < 1.29 is 33.6 Å². The van der Waals surface area contributed by atoms with Crippen LogP contribution in [0.5, 0.6) is 17.2 Å². The van der Waals surface area contributed by atoms with E-state index in [-0.39, 0.29) is 12.3 Å². The monoisotopic (exact) mass is 445 g/mol. The van der Waals surface area contributed by atoms with E-state index in [9.17, 15) is 9.59 Å². The van der Waals surface area contributed by atoms with E-state index < -0.39 is 17.7 Å². The third kappa shape index (κ3) is 6.88. The van der Waals surface area contributed by atoms with E-state index in [0.717, 1.165) is 22.6 Å². The van der Waals surface area contributed by atoms with Crippen LogP contribution in [0, 0.1) is 0 Å². The maximum absolute atomic E-state index is 12.7. The van der Waals surface area contributed by atoms with E-state index >= 15 is 0 Å². The molecule has 2 aromatic carbocycles. The molecule has 1 atom stereocenters. The van der Waals surface area contributed by atoms with Gasteiger partial charge in [0.05, 0.1) is 14.2 Å². The summed E-state index contributed by atoms with van der Waals surface area (Å²) in [6, 6.07) is 12.5. The van der Waals surface area contributed by atoms with Gasteiger partial charge >= 0.3 is 5.97 Å². The first kappa shape index (κ1) is 25.0. The Hall–Kier alpha value is -3.26. The van der Waals surface area contributed by atoms with Crippen LogP contribution in [0.2, 0.25) is 0 Å². The molecule has 0 aliphatic heterocycles. The summed E-state index contributed by atoms with van der Waals surface area (Å²) in [6.07, 6.45) is -0.0996. The molecule has 0 bridgehead atoms. The van der Waals surface area contributed by atoms with Crippen molar-refractivity contribution in [2.45, 2.75) is 38.4 Å². The molecule has 0 aliphatic carbocycles. The predicted octanol–water partition coefficient (Wildman–Crippen LogP) is 2.86. The van der Waals surface area contributed by atoms with Gasteiger partial charge in [-0.15, -0.1) is 0 Å². The number of ether oxygens (including phenoxy) is 4. The number of rotatable bonds is 12. The van der Waals surface area contributed by atoms with Crippen LogP contribution in [-0.4, -0.2) is 56.6 Å². The molecule has 0 aromatic heterocycles. The molecule has 174 valence electrons. The molecule has 1 amide bonds. The molecular formula is C24H31NO7. The van der Waals surface area contributed by atoms with Crippen molar-refractivity contribution in [3.05, 3.63) is 53.6 Å². The number of carbonyl (C=O) groups is 2. The molecule has 8 heteroatoms. The van der Waals surface area contributed by atoms with Crippen molar-refractivity contribution in [3.63, 3.8) is 0 Å². The fourth-order valence-corrected chi connectivity index (χ4v) is 3.12. The van der Waals surface area contributed by atoms with Crippen LogP contribution in [0.4, 0.5) is 0 Å². The molecule has 32 heavy (non-hydrogen) atoms. The summed E-state index contributed by atoms with van der Waals surface area (Å²) in [5.74, 6) is 0.687. The summed E-state index contributed by atoms with van der Waals surface area (Å²) >= 11 is 0. The lowest BCUT2D eigenvalue weighted by molar-refractivity contribution is -0.148. The number of hydrogen-bond acceptors (Lipinski definition) is 6. The highest BCUT2D eigenvalue weighted by atomic mass is 16.5. The number of carbonyl (C=O) groups excluding carboxylic acids is 1. The third-order valence-corrected chi connectivity index (χ3v) is 4.99. The summed E-state index contributed by atoms with van der Waals surface area (Å²) in [5, 5.41) is 12.0. The molecule has 2 aromatic rings. The number of amides is 1. The van der Waals surface area contributed by atoms with Crippen LogP contribution in [0.1, 0.15) is 25.0 Å². The van der Waals surface area contributed by atoms with Gasteiger partial charge in [0.15, 0.2) is 11.7 Å². The van der Waals surface area contributed by atoms with E-state index in [4.69, 9.17) is 24.1 Å². The Balaban J connectivity index is 1.93. The predicted molar refractivity (Wildman–Crippen MR) is 120 cm³/mol. The number of carboxylic acids is 1. The van der Waals surface area contributed by atoms with Gasteiger partial charge in [-0.25, -0.2) is 4.79 Å². The quantitative estimate of drug-likeness (QED) is 0.518. The van der Waals surface area contributed by atoms with Gasteiger partial charge in [0.2, 0.25) is 0 Å². The molecule has 0 spiro atoms. The third-order valence-electron chi connectivity index (χ3n) is 4.99. The van der Waals surface area contributed by atoms with Crippen LogP contribution >= 0.6 is 0 Å². The van der Waals surface area contributed by atoms with Crippen molar-refractivity contribution in [2.75, 3.05) is 27.9 Å². The minimum atomic E-state index is -1.10. The molecular weight excluding hydrogens is 414 g/mol. The Bertz CT molecular complexity index is 909. The van der Waals surface area contributed by atoms with Crippen LogP contribution < -0.4 is 19.5 Å². The zero-order chi connectivity index (χ0) is 23.7. The van der Waals surface area contributed by atoms with E-state index in [0.29, 0.717) is 18.7 Å². The molecule has 0 saturated carbocycles. The summed E-state index contributed by atoms with van der Waals surface area (Å²) in [5.41, 5.74) is 0.620. The minimum absolute atomic E-state index is 0.240. The summed E-state index contributed by atoms with van der Waals surface area (Å²) in [6.45, 7) is 3.78. The average molecular weight is 446 g/mol. The number of aliphatic carboxylic acids is 1. The van der Waals surface area contributed by atoms with Crippen molar-refractivity contribution in [3.8, 4) is 17.2 Å².